The summed E-state index contributed by atoms with van der Waals surface area (Å²) in [5.74, 6) is -2.80. The summed E-state index contributed by atoms with van der Waals surface area (Å²) < 4.78 is 31.3. The largest absolute Gasteiger partial charge is 0.451 e. The van der Waals surface area contributed by atoms with Gasteiger partial charge in [0.15, 0.2) is 6.61 Å². The number of rotatable bonds is 5. The van der Waals surface area contributed by atoms with Gasteiger partial charge >= 0.3 is 5.97 Å². The number of hydrogen-bond acceptors (Lipinski definition) is 4. The van der Waals surface area contributed by atoms with Gasteiger partial charge in [-0.15, -0.1) is 0 Å². The normalized spacial score (nSPS) is 11.6. The highest BCUT2D eigenvalue weighted by molar-refractivity contribution is 5.89. The molecule has 120 valence electrons. The van der Waals surface area contributed by atoms with Crippen LogP contribution in [0, 0.1) is 11.6 Å². The number of nitrogens with zero attached hydrogens (tertiary/aromatic N) is 1. The van der Waals surface area contributed by atoms with Crippen molar-refractivity contribution in [3.05, 3.63) is 65.5 Å². The molecular formula is C16H14F2N2O3. The fraction of sp³-hybridized carbons (Fsp3) is 0.188. The van der Waals surface area contributed by atoms with Crippen molar-refractivity contribution in [2.45, 2.75) is 13.0 Å². The first-order valence-corrected chi connectivity index (χ1v) is 6.80. The van der Waals surface area contributed by atoms with E-state index in [0.29, 0.717) is 0 Å². The van der Waals surface area contributed by atoms with Gasteiger partial charge in [-0.3, -0.25) is 4.79 Å². The number of halogens is 2. The Kier molecular flexibility index (Phi) is 5.35. The van der Waals surface area contributed by atoms with Gasteiger partial charge in [-0.2, -0.15) is 0 Å². The van der Waals surface area contributed by atoms with Crippen LogP contribution < -0.4 is 5.32 Å². The molecule has 5 nitrogen and oxygen atoms in total. The molecule has 0 aliphatic carbocycles. The first-order valence-electron chi connectivity index (χ1n) is 6.80. The summed E-state index contributed by atoms with van der Waals surface area (Å²) >= 11 is 0. The smallest absolute Gasteiger partial charge is 0.357 e. The molecule has 1 atom stereocenters. The lowest BCUT2D eigenvalue weighted by atomic mass is 10.1. The van der Waals surface area contributed by atoms with Crippen LogP contribution in [0.5, 0.6) is 0 Å². The summed E-state index contributed by atoms with van der Waals surface area (Å²) in [7, 11) is 0. The van der Waals surface area contributed by atoms with E-state index in [-0.39, 0.29) is 11.3 Å². The van der Waals surface area contributed by atoms with Crippen LogP contribution in [-0.2, 0) is 9.53 Å². The Labute approximate surface area is 131 Å². The summed E-state index contributed by atoms with van der Waals surface area (Å²) in [5.41, 5.74) is 0.216. The SMILES string of the molecule is C[C@H](NC(=O)COC(=O)c1ccccn1)c1ccc(F)cc1F. The van der Waals surface area contributed by atoms with E-state index in [1.165, 1.54) is 25.3 Å². The fourth-order valence-corrected chi connectivity index (χ4v) is 1.90. The number of hydrogen-bond donors (Lipinski definition) is 1. The molecule has 0 aliphatic rings. The highest BCUT2D eigenvalue weighted by Gasteiger charge is 2.16. The Hall–Kier alpha value is -2.83. The number of carbonyl (C=O) groups excluding carboxylic acids is 2. The Balaban J connectivity index is 1.88. The minimum Gasteiger partial charge on any atom is -0.451 e. The number of esters is 1. The molecule has 0 fully saturated rings. The molecule has 0 unspecified atom stereocenters. The molecule has 2 rings (SSSR count). The summed E-state index contributed by atoms with van der Waals surface area (Å²) in [5, 5.41) is 2.46. The zero-order valence-electron chi connectivity index (χ0n) is 12.3. The molecule has 23 heavy (non-hydrogen) atoms. The second-order valence-corrected chi connectivity index (χ2v) is 4.75. The first kappa shape index (κ1) is 16.5. The zero-order valence-corrected chi connectivity index (χ0v) is 12.3. The number of aromatic nitrogens is 1. The third-order valence-electron chi connectivity index (χ3n) is 3.01. The third-order valence-corrected chi connectivity index (χ3v) is 3.01. The number of nitrogens with one attached hydrogen (secondary N) is 1. The number of ether oxygens (including phenoxy) is 1. The van der Waals surface area contributed by atoms with Crippen LogP contribution in [-0.4, -0.2) is 23.5 Å². The summed E-state index contributed by atoms with van der Waals surface area (Å²) in [6.07, 6.45) is 1.43. The van der Waals surface area contributed by atoms with Crippen molar-refractivity contribution in [1.82, 2.24) is 10.3 Å². The van der Waals surface area contributed by atoms with Crippen LogP contribution in [0.2, 0.25) is 0 Å². The molecule has 1 amide bonds. The van der Waals surface area contributed by atoms with E-state index in [1.807, 2.05) is 0 Å². The molecule has 0 saturated carbocycles. The number of carbonyl (C=O) groups is 2. The van der Waals surface area contributed by atoms with Crippen molar-refractivity contribution >= 4 is 11.9 Å². The molecule has 7 heteroatoms. The molecular weight excluding hydrogens is 306 g/mol. The van der Waals surface area contributed by atoms with Crippen molar-refractivity contribution in [3.8, 4) is 0 Å². The molecule has 1 N–H and O–H groups in total. The van der Waals surface area contributed by atoms with E-state index in [2.05, 4.69) is 10.3 Å². The second-order valence-electron chi connectivity index (χ2n) is 4.75. The number of amides is 1. The first-order chi connectivity index (χ1) is 11.0. The van der Waals surface area contributed by atoms with Crippen LogP contribution in [0.4, 0.5) is 8.78 Å². The lowest BCUT2D eigenvalue weighted by Gasteiger charge is -2.15. The van der Waals surface area contributed by atoms with E-state index < -0.39 is 36.2 Å². The van der Waals surface area contributed by atoms with Crippen LogP contribution >= 0.6 is 0 Å². The molecule has 1 aromatic carbocycles. The maximum absolute atomic E-state index is 13.6. The van der Waals surface area contributed by atoms with Crippen LogP contribution in [0.15, 0.2) is 42.6 Å². The number of pyridine rings is 1. The van der Waals surface area contributed by atoms with E-state index in [9.17, 15) is 18.4 Å². The van der Waals surface area contributed by atoms with Gasteiger partial charge in [0, 0.05) is 17.8 Å². The van der Waals surface area contributed by atoms with Gasteiger partial charge in [-0.1, -0.05) is 12.1 Å². The molecule has 1 heterocycles. The van der Waals surface area contributed by atoms with Gasteiger partial charge in [-0.25, -0.2) is 18.6 Å². The topological polar surface area (TPSA) is 68.3 Å². The standard InChI is InChI=1S/C16H14F2N2O3/c1-10(12-6-5-11(17)8-13(12)18)20-15(21)9-23-16(22)14-4-2-3-7-19-14/h2-8,10H,9H2,1H3,(H,20,21)/t10-/m0/s1. The number of benzene rings is 1. The minimum atomic E-state index is -0.761. The van der Waals surface area contributed by atoms with Crippen molar-refractivity contribution in [2.24, 2.45) is 0 Å². The van der Waals surface area contributed by atoms with Gasteiger partial charge in [0.1, 0.15) is 17.3 Å². The minimum absolute atomic E-state index is 0.0814. The maximum Gasteiger partial charge on any atom is 0.357 e. The third kappa shape index (κ3) is 4.57. The van der Waals surface area contributed by atoms with Gasteiger partial charge < -0.3 is 10.1 Å². The van der Waals surface area contributed by atoms with Gasteiger partial charge in [0.05, 0.1) is 6.04 Å². The highest BCUT2D eigenvalue weighted by Crippen LogP contribution is 2.17. The van der Waals surface area contributed by atoms with Crippen molar-refractivity contribution in [1.29, 1.82) is 0 Å². The highest BCUT2D eigenvalue weighted by atomic mass is 19.1. The van der Waals surface area contributed by atoms with Gasteiger partial charge in [0.25, 0.3) is 5.91 Å². The van der Waals surface area contributed by atoms with Crippen LogP contribution in [0.25, 0.3) is 0 Å². The molecule has 0 radical (unpaired) electrons. The predicted molar refractivity (Wildman–Crippen MR) is 77.4 cm³/mol. The van der Waals surface area contributed by atoms with Gasteiger partial charge in [0.2, 0.25) is 0 Å². The van der Waals surface area contributed by atoms with E-state index in [0.717, 1.165) is 12.1 Å². The van der Waals surface area contributed by atoms with Crippen molar-refractivity contribution in [3.63, 3.8) is 0 Å². The summed E-state index contributed by atoms with van der Waals surface area (Å²) in [6.45, 7) is 1.01. The average Bonchev–Trinajstić information content (AvgIpc) is 2.53. The maximum atomic E-state index is 13.6. The zero-order chi connectivity index (χ0) is 16.8. The van der Waals surface area contributed by atoms with Crippen LogP contribution in [0.3, 0.4) is 0 Å². The Morgan fingerprint density at radius 1 is 1.26 bits per heavy atom. The van der Waals surface area contributed by atoms with E-state index in [4.69, 9.17) is 4.74 Å². The van der Waals surface area contributed by atoms with Gasteiger partial charge in [-0.05, 0) is 25.1 Å². The second kappa shape index (κ2) is 7.44. The predicted octanol–water partition coefficient (Wildman–Crippen LogP) is 2.39. The summed E-state index contributed by atoms with van der Waals surface area (Å²) in [4.78, 5) is 27.2. The monoisotopic (exact) mass is 320 g/mol. The molecule has 2 aromatic rings. The Morgan fingerprint density at radius 3 is 2.70 bits per heavy atom. The summed E-state index contributed by atoms with van der Waals surface area (Å²) in [6, 6.07) is 7.09. The molecule has 0 bridgehead atoms. The fourth-order valence-electron chi connectivity index (χ4n) is 1.90. The quantitative estimate of drug-likeness (QED) is 0.859. The van der Waals surface area contributed by atoms with Crippen LogP contribution in [0.1, 0.15) is 29.0 Å². The average molecular weight is 320 g/mol. The molecule has 1 aromatic heterocycles. The van der Waals surface area contributed by atoms with E-state index >= 15 is 0 Å². The lowest BCUT2D eigenvalue weighted by Crippen LogP contribution is -2.31. The van der Waals surface area contributed by atoms with Crippen molar-refractivity contribution in [2.75, 3.05) is 6.61 Å². The van der Waals surface area contributed by atoms with Crippen molar-refractivity contribution < 1.29 is 23.1 Å². The molecule has 0 saturated heterocycles. The molecule has 0 spiro atoms. The Morgan fingerprint density at radius 2 is 2.04 bits per heavy atom. The molecule has 0 aliphatic heterocycles. The Bertz CT molecular complexity index is 708. The lowest BCUT2D eigenvalue weighted by molar-refractivity contribution is -0.124. The van der Waals surface area contributed by atoms with E-state index in [1.54, 1.807) is 12.1 Å².